The van der Waals surface area contributed by atoms with Crippen LogP contribution >= 0.6 is 46.3 Å². The molecule has 5 nitrogen and oxygen atoms in total. The number of rotatable bonds is 6. The number of halogens is 2. The number of thioether (sulfide) groups is 1. The molecule has 0 bridgehead atoms. The Kier molecular flexibility index (Phi) is 6.90. The molecule has 9 heteroatoms. The quantitative estimate of drug-likeness (QED) is 0.187. The Morgan fingerprint density at radius 3 is 2.66 bits per heavy atom. The van der Waals surface area contributed by atoms with Crippen LogP contribution in [-0.2, 0) is 23.5 Å². The zero-order valence-corrected chi connectivity index (χ0v) is 22.7. The van der Waals surface area contributed by atoms with E-state index >= 15 is 0 Å². The van der Waals surface area contributed by atoms with E-state index in [0.29, 0.717) is 39.4 Å². The number of thiophene rings is 1. The first kappa shape index (κ1) is 24.7. The molecule has 1 unspecified atom stereocenters. The monoisotopic (exact) mass is 546 g/mol. The molecule has 3 heterocycles. The van der Waals surface area contributed by atoms with Crippen LogP contribution in [0.15, 0.2) is 52.4 Å². The van der Waals surface area contributed by atoms with E-state index in [1.165, 1.54) is 11.8 Å². The minimum Gasteiger partial charge on any atom is -0.497 e. The van der Waals surface area contributed by atoms with Crippen molar-refractivity contribution in [1.29, 1.82) is 0 Å². The molecule has 0 aliphatic carbocycles. The molecule has 5 rings (SSSR count). The molecule has 0 amide bonds. The summed E-state index contributed by atoms with van der Waals surface area (Å²) in [6.07, 6.45) is 1.58. The van der Waals surface area contributed by atoms with E-state index in [2.05, 4.69) is 13.8 Å². The molecule has 0 spiro atoms. The molecule has 0 saturated carbocycles. The number of nitrogens with zero attached hydrogens (tertiary/aromatic N) is 2. The topological polar surface area (TPSA) is 53.4 Å². The number of hydrogen-bond acceptors (Lipinski definition) is 6. The summed E-state index contributed by atoms with van der Waals surface area (Å²) in [6.45, 7) is 4.73. The molecular formula is C26H24Cl2N2O3S2. The molecule has 0 radical (unpaired) electrons. The summed E-state index contributed by atoms with van der Waals surface area (Å²) in [5, 5.41) is 2.34. The smallest absolute Gasteiger partial charge is 0.267 e. The van der Waals surface area contributed by atoms with Crippen molar-refractivity contribution in [3.63, 3.8) is 0 Å². The molecule has 182 valence electrons. The van der Waals surface area contributed by atoms with Crippen LogP contribution in [0.2, 0.25) is 10.0 Å². The predicted octanol–water partition coefficient (Wildman–Crippen LogP) is 7.30. The Balaban J connectivity index is 1.64. The minimum atomic E-state index is -0.278. The van der Waals surface area contributed by atoms with Crippen LogP contribution in [0.4, 0.5) is 0 Å². The number of fused-ring (bicyclic) bond motifs is 3. The largest absolute Gasteiger partial charge is 0.497 e. The van der Waals surface area contributed by atoms with Gasteiger partial charge in [0.2, 0.25) is 0 Å². The summed E-state index contributed by atoms with van der Waals surface area (Å²) in [6, 6.07) is 13.0. The lowest BCUT2D eigenvalue weighted by molar-refractivity contribution is -0.0543. The van der Waals surface area contributed by atoms with Crippen molar-refractivity contribution in [3.8, 4) is 11.4 Å². The van der Waals surface area contributed by atoms with Gasteiger partial charge in [0, 0.05) is 17.1 Å². The van der Waals surface area contributed by atoms with E-state index in [4.69, 9.17) is 37.7 Å². The Hall–Kier alpha value is -2.03. The van der Waals surface area contributed by atoms with E-state index in [1.807, 2.05) is 36.4 Å². The fourth-order valence-corrected chi connectivity index (χ4v) is 6.58. The molecule has 1 aliphatic heterocycles. The second kappa shape index (κ2) is 9.79. The number of aromatic nitrogens is 2. The first-order chi connectivity index (χ1) is 16.8. The zero-order chi connectivity index (χ0) is 24.7. The van der Waals surface area contributed by atoms with Gasteiger partial charge in [-0.3, -0.25) is 9.36 Å². The van der Waals surface area contributed by atoms with Crippen molar-refractivity contribution >= 4 is 56.5 Å². The van der Waals surface area contributed by atoms with Gasteiger partial charge in [-0.25, -0.2) is 4.98 Å². The average Bonchev–Trinajstić information content (AvgIpc) is 3.22. The SMILES string of the molecule is CCC1(C)Cc2c(sc3nc(SCc4ccc(Cl)c(Cl)c4)n(-c4ccc(OC)cc4)c(=O)c23)CO1. The van der Waals surface area contributed by atoms with Crippen LogP contribution in [0, 0.1) is 0 Å². The number of ether oxygens (including phenoxy) is 2. The average molecular weight is 548 g/mol. The summed E-state index contributed by atoms with van der Waals surface area (Å²) in [5.74, 6) is 1.32. The van der Waals surface area contributed by atoms with E-state index in [0.717, 1.165) is 38.7 Å². The first-order valence-corrected chi connectivity index (χ1v) is 13.8. The van der Waals surface area contributed by atoms with Crippen LogP contribution in [0.1, 0.15) is 36.3 Å². The molecule has 0 fully saturated rings. The molecule has 1 atom stereocenters. The van der Waals surface area contributed by atoms with Gasteiger partial charge in [-0.05, 0) is 60.9 Å². The predicted molar refractivity (Wildman–Crippen MR) is 145 cm³/mol. The summed E-state index contributed by atoms with van der Waals surface area (Å²) in [5.41, 5.74) is 2.47. The number of hydrogen-bond donors (Lipinski definition) is 0. The normalized spacial score (nSPS) is 17.5. The lowest BCUT2D eigenvalue weighted by Gasteiger charge is -2.32. The van der Waals surface area contributed by atoms with E-state index in [9.17, 15) is 4.79 Å². The van der Waals surface area contributed by atoms with Crippen molar-refractivity contribution in [1.82, 2.24) is 9.55 Å². The van der Waals surface area contributed by atoms with Crippen LogP contribution < -0.4 is 10.3 Å². The van der Waals surface area contributed by atoms with Crippen molar-refractivity contribution in [3.05, 3.63) is 78.9 Å². The van der Waals surface area contributed by atoms with Gasteiger partial charge in [-0.2, -0.15) is 0 Å². The highest BCUT2D eigenvalue weighted by Gasteiger charge is 2.33. The highest BCUT2D eigenvalue weighted by atomic mass is 35.5. The van der Waals surface area contributed by atoms with E-state index in [-0.39, 0.29) is 11.2 Å². The van der Waals surface area contributed by atoms with Gasteiger partial charge in [0.25, 0.3) is 5.56 Å². The van der Waals surface area contributed by atoms with Gasteiger partial charge in [0.1, 0.15) is 10.6 Å². The van der Waals surface area contributed by atoms with Crippen molar-refractivity contribution in [2.45, 2.75) is 49.8 Å². The third kappa shape index (κ3) is 4.72. The standard InChI is InChI=1S/C26H24Cl2N2O3S2/c1-4-26(2)12-18-21(13-33-26)35-23-22(18)24(31)30(16-6-8-17(32-3)9-7-16)25(29-23)34-14-15-5-10-19(27)20(28)11-15/h5-11H,4,12-14H2,1-3H3. The van der Waals surface area contributed by atoms with Crippen molar-refractivity contribution < 1.29 is 9.47 Å². The molecule has 2 aromatic carbocycles. The number of methoxy groups -OCH3 is 1. The maximum Gasteiger partial charge on any atom is 0.267 e. The van der Waals surface area contributed by atoms with Crippen molar-refractivity contribution in [2.75, 3.05) is 7.11 Å². The molecule has 4 aromatic rings. The Morgan fingerprint density at radius 1 is 1.20 bits per heavy atom. The third-order valence-electron chi connectivity index (χ3n) is 6.41. The van der Waals surface area contributed by atoms with Crippen LogP contribution in [0.5, 0.6) is 5.75 Å². The van der Waals surface area contributed by atoms with Gasteiger partial charge in [0.05, 0.1) is 40.4 Å². The Morgan fingerprint density at radius 2 is 1.97 bits per heavy atom. The summed E-state index contributed by atoms with van der Waals surface area (Å²) < 4.78 is 13.2. The molecular weight excluding hydrogens is 523 g/mol. The Bertz CT molecular complexity index is 1470. The first-order valence-electron chi connectivity index (χ1n) is 11.2. The maximum absolute atomic E-state index is 14.1. The summed E-state index contributed by atoms with van der Waals surface area (Å²) in [7, 11) is 1.62. The highest BCUT2D eigenvalue weighted by Crippen LogP contribution is 2.39. The maximum atomic E-state index is 14.1. The molecule has 35 heavy (non-hydrogen) atoms. The second-order valence-electron chi connectivity index (χ2n) is 8.72. The van der Waals surface area contributed by atoms with Gasteiger partial charge in [-0.1, -0.05) is 48.0 Å². The van der Waals surface area contributed by atoms with Gasteiger partial charge in [-0.15, -0.1) is 11.3 Å². The highest BCUT2D eigenvalue weighted by molar-refractivity contribution is 7.98. The van der Waals surface area contributed by atoms with Gasteiger partial charge < -0.3 is 9.47 Å². The fraction of sp³-hybridized carbons (Fsp3) is 0.308. The molecule has 2 aromatic heterocycles. The van der Waals surface area contributed by atoms with Crippen LogP contribution in [-0.4, -0.2) is 22.3 Å². The van der Waals surface area contributed by atoms with E-state index < -0.39 is 0 Å². The zero-order valence-electron chi connectivity index (χ0n) is 19.6. The molecule has 1 aliphatic rings. The van der Waals surface area contributed by atoms with Crippen molar-refractivity contribution in [2.24, 2.45) is 0 Å². The Labute approximate surface area is 222 Å². The fourth-order valence-electron chi connectivity index (χ4n) is 4.16. The van der Waals surface area contributed by atoms with Gasteiger partial charge in [0.15, 0.2) is 5.16 Å². The minimum absolute atomic E-state index is 0.0605. The third-order valence-corrected chi connectivity index (χ3v) is 9.26. The molecule has 0 saturated heterocycles. The second-order valence-corrected chi connectivity index (χ2v) is 11.6. The lowest BCUT2D eigenvalue weighted by atomic mass is 9.90. The number of benzene rings is 2. The van der Waals surface area contributed by atoms with Crippen LogP contribution in [0.25, 0.3) is 15.9 Å². The molecule has 0 N–H and O–H groups in total. The summed E-state index contributed by atoms with van der Waals surface area (Å²) in [4.78, 5) is 20.9. The summed E-state index contributed by atoms with van der Waals surface area (Å²) >= 11 is 15.3. The lowest BCUT2D eigenvalue weighted by Crippen LogP contribution is -2.34. The van der Waals surface area contributed by atoms with Gasteiger partial charge >= 0.3 is 0 Å². The van der Waals surface area contributed by atoms with E-state index in [1.54, 1.807) is 29.1 Å². The van der Waals surface area contributed by atoms with Crippen LogP contribution in [0.3, 0.4) is 0 Å².